The molecule has 0 amide bonds. The summed E-state index contributed by atoms with van der Waals surface area (Å²) in [4.78, 5) is 11.8. The van der Waals surface area contributed by atoms with Crippen molar-refractivity contribution in [2.45, 2.75) is 25.7 Å². The van der Waals surface area contributed by atoms with Crippen molar-refractivity contribution in [2.24, 2.45) is 0 Å². The van der Waals surface area contributed by atoms with Gasteiger partial charge < -0.3 is 19.7 Å². The molecule has 0 saturated carbocycles. The van der Waals surface area contributed by atoms with Crippen molar-refractivity contribution in [1.82, 2.24) is 4.57 Å². The highest BCUT2D eigenvalue weighted by Crippen LogP contribution is 2.38. The molecule has 9 heteroatoms. The topological polar surface area (TPSA) is 63.5 Å². The van der Waals surface area contributed by atoms with Crippen LogP contribution in [0, 0.1) is 0 Å². The minimum Gasteiger partial charge on any atom is -0.495 e. The Labute approximate surface area is 204 Å². The van der Waals surface area contributed by atoms with E-state index in [0.29, 0.717) is 45.2 Å². The second-order valence-electron chi connectivity index (χ2n) is 8.03. The van der Waals surface area contributed by atoms with Gasteiger partial charge >= 0.3 is 12.1 Å². The van der Waals surface area contributed by atoms with Gasteiger partial charge in [0.05, 0.1) is 29.6 Å². The first-order valence-corrected chi connectivity index (χ1v) is 11.1. The molecule has 0 unspecified atom stereocenters. The molecule has 0 spiro atoms. The smallest absolute Gasteiger partial charge is 0.416 e. The van der Waals surface area contributed by atoms with Gasteiger partial charge in [0.1, 0.15) is 11.6 Å². The fourth-order valence-electron chi connectivity index (χ4n) is 4.08. The van der Waals surface area contributed by atoms with Crippen molar-refractivity contribution in [3.8, 4) is 5.75 Å². The molecular weight excluding hydrogens is 481 g/mol. The zero-order chi connectivity index (χ0) is 25.2. The fourth-order valence-corrected chi connectivity index (χ4v) is 4.32. The number of aliphatic carboxylic acids is 1. The fraction of sp³-hybridized carbons (Fsp3) is 0.192. The van der Waals surface area contributed by atoms with Crippen LogP contribution < -0.4 is 10.1 Å². The van der Waals surface area contributed by atoms with Gasteiger partial charge in [-0.05, 0) is 35.4 Å². The van der Waals surface area contributed by atoms with Crippen molar-refractivity contribution in [3.05, 3.63) is 94.0 Å². The number of hydrogen-bond acceptors (Lipinski definition) is 3. The van der Waals surface area contributed by atoms with Crippen molar-refractivity contribution in [3.63, 3.8) is 0 Å². The van der Waals surface area contributed by atoms with Crippen LogP contribution in [0.25, 0.3) is 10.9 Å². The van der Waals surface area contributed by atoms with E-state index in [1.54, 1.807) is 18.2 Å². The summed E-state index contributed by atoms with van der Waals surface area (Å²) in [5, 5.41) is 13.8. The van der Waals surface area contributed by atoms with Crippen molar-refractivity contribution >= 4 is 34.3 Å². The van der Waals surface area contributed by atoms with Gasteiger partial charge in [0.2, 0.25) is 0 Å². The molecule has 0 aliphatic rings. The molecule has 4 rings (SSSR count). The van der Waals surface area contributed by atoms with Crippen LogP contribution in [0.4, 0.5) is 19.0 Å². The summed E-state index contributed by atoms with van der Waals surface area (Å²) in [7, 11) is 1.47. The SMILES string of the molecule is COc1cc2c(CC(=O)O)c(NCc3cccc(C(F)(F)F)c3)n(Cc3ccccc3)c2cc1Cl. The highest BCUT2D eigenvalue weighted by molar-refractivity contribution is 6.33. The summed E-state index contributed by atoms with van der Waals surface area (Å²) in [6.07, 6.45) is -4.76. The van der Waals surface area contributed by atoms with E-state index < -0.39 is 17.7 Å². The lowest BCUT2D eigenvalue weighted by Gasteiger charge is -2.15. The predicted molar refractivity (Wildman–Crippen MR) is 129 cm³/mol. The summed E-state index contributed by atoms with van der Waals surface area (Å²) < 4.78 is 46.8. The molecule has 0 aliphatic heterocycles. The number of anilines is 1. The zero-order valence-electron chi connectivity index (χ0n) is 18.7. The number of halogens is 4. The molecule has 0 fully saturated rings. The van der Waals surface area contributed by atoms with E-state index in [2.05, 4.69) is 5.32 Å². The molecule has 0 bridgehead atoms. The van der Waals surface area contributed by atoms with Crippen LogP contribution >= 0.6 is 11.6 Å². The van der Waals surface area contributed by atoms with Gasteiger partial charge in [-0.2, -0.15) is 13.2 Å². The van der Waals surface area contributed by atoms with E-state index >= 15 is 0 Å². The first kappa shape index (κ1) is 24.5. The molecule has 4 aromatic rings. The Morgan fingerprint density at radius 3 is 2.43 bits per heavy atom. The summed E-state index contributed by atoms with van der Waals surface area (Å²) >= 11 is 6.40. The number of carboxylic acids is 1. The molecule has 5 nitrogen and oxygen atoms in total. The Kier molecular flexibility index (Phi) is 6.93. The lowest BCUT2D eigenvalue weighted by molar-refractivity contribution is -0.138. The standard InChI is InChI=1S/C26H22ClF3N2O3/c1-35-23-11-19-20(12-24(33)34)25(31-14-17-8-5-9-18(10-17)26(28,29)30)32(22(19)13-21(23)27)15-16-6-3-2-4-7-16/h2-11,13,31H,12,14-15H2,1H3,(H,33,34). The largest absolute Gasteiger partial charge is 0.495 e. The van der Waals surface area contributed by atoms with E-state index in [0.717, 1.165) is 17.7 Å². The number of rotatable bonds is 8. The lowest BCUT2D eigenvalue weighted by atomic mass is 10.1. The second-order valence-corrected chi connectivity index (χ2v) is 8.43. The number of fused-ring (bicyclic) bond motifs is 1. The van der Waals surface area contributed by atoms with Crippen molar-refractivity contribution in [1.29, 1.82) is 0 Å². The first-order chi connectivity index (χ1) is 16.7. The third-order valence-electron chi connectivity index (χ3n) is 5.67. The average Bonchev–Trinajstić information content (AvgIpc) is 3.08. The van der Waals surface area contributed by atoms with Crippen molar-refractivity contribution in [2.75, 3.05) is 12.4 Å². The van der Waals surface area contributed by atoms with Gasteiger partial charge in [-0.25, -0.2) is 0 Å². The van der Waals surface area contributed by atoms with Gasteiger partial charge in [-0.1, -0.05) is 54.1 Å². The number of nitrogens with zero attached hydrogens (tertiary/aromatic N) is 1. The number of benzene rings is 3. The number of hydrogen-bond donors (Lipinski definition) is 2. The maximum Gasteiger partial charge on any atom is 0.416 e. The number of carboxylic acid groups (broad SMARTS) is 1. The van der Waals surface area contributed by atoms with Crippen LogP contribution in [0.15, 0.2) is 66.7 Å². The Hall–Kier alpha value is -3.65. The molecule has 0 radical (unpaired) electrons. The number of alkyl halides is 3. The van der Waals surface area contributed by atoms with Crippen LogP contribution in [-0.4, -0.2) is 22.8 Å². The van der Waals surface area contributed by atoms with Gasteiger partial charge in [-0.15, -0.1) is 0 Å². The summed E-state index contributed by atoms with van der Waals surface area (Å²) in [6.45, 7) is 0.455. The zero-order valence-corrected chi connectivity index (χ0v) is 19.5. The number of methoxy groups -OCH3 is 1. The van der Waals surface area contributed by atoms with Gasteiger partial charge in [0.15, 0.2) is 0 Å². The van der Waals surface area contributed by atoms with E-state index in [9.17, 15) is 23.1 Å². The van der Waals surface area contributed by atoms with Crippen LogP contribution in [0.5, 0.6) is 5.75 Å². The third-order valence-corrected chi connectivity index (χ3v) is 5.96. The molecule has 2 N–H and O–H groups in total. The summed E-state index contributed by atoms with van der Waals surface area (Å²) in [5.41, 5.74) is 1.80. The minimum atomic E-state index is -4.46. The Bertz CT molecular complexity index is 1370. The molecule has 1 heterocycles. The first-order valence-electron chi connectivity index (χ1n) is 10.7. The maximum atomic E-state index is 13.2. The minimum absolute atomic E-state index is 0.0620. The quantitative estimate of drug-likeness (QED) is 0.284. The van der Waals surface area contributed by atoms with Gasteiger partial charge in [0.25, 0.3) is 0 Å². The number of aromatic nitrogens is 1. The molecule has 0 saturated heterocycles. The third kappa shape index (κ3) is 5.38. The second kappa shape index (κ2) is 9.92. The van der Waals surface area contributed by atoms with Gasteiger partial charge in [-0.3, -0.25) is 4.79 Å². The summed E-state index contributed by atoms with van der Waals surface area (Å²) in [6, 6.07) is 18.0. The molecule has 182 valence electrons. The molecular formula is C26H22ClF3N2O3. The van der Waals surface area contributed by atoms with E-state index in [4.69, 9.17) is 16.3 Å². The summed E-state index contributed by atoms with van der Waals surface area (Å²) in [5.74, 6) is -0.153. The van der Waals surface area contributed by atoms with E-state index in [-0.39, 0.29) is 13.0 Å². The normalized spacial score (nSPS) is 11.6. The monoisotopic (exact) mass is 502 g/mol. The average molecular weight is 503 g/mol. The number of ether oxygens (including phenoxy) is 1. The maximum absolute atomic E-state index is 13.2. The lowest BCUT2D eigenvalue weighted by Crippen LogP contribution is -2.12. The molecule has 3 aromatic carbocycles. The number of carbonyl (C=O) groups is 1. The van der Waals surface area contributed by atoms with E-state index in [1.165, 1.54) is 13.2 Å². The van der Waals surface area contributed by atoms with Crippen LogP contribution in [-0.2, 0) is 30.5 Å². The molecule has 0 aliphatic carbocycles. The molecule has 35 heavy (non-hydrogen) atoms. The Balaban J connectivity index is 1.84. The van der Waals surface area contributed by atoms with Gasteiger partial charge in [0, 0.05) is 24.0 Å². The van der Waals surface area contributed by atoms with Crippen LogP contribution in [0.1, 0.15) is 22.3 Å². The highest BCUT2D eigenvalue weighted by atomic mass is 35.5. The predicted octanol–water partition coefficient (Wildman–Crippen LogP) is 6.61. The Morgan fingerprint density at radius 2 is 1.77 bits per heavy atom. The molecule has 0 atom stereocenters. The van der Waals surface area contributed by atoms with E-state index in [1.807, 2.05) is 34.9 Å². The van der Waals surface area contributed by atoms with Crippen LogP contribution in [0.2, 0.25) is 5.02 Å². The highest BCUT2D eigenvalue weighted by Gasteiger charge is 2.30. The molecule has 1 aromatic heterocycles. The van der Waals surface area contributed by atoms with Crippen LogP contribution in [0.3, 0.4) is 0 Å². The van der Waals surface area contributed by atoms with Crippen molar-refractivity contribution < 1.29 is 27.8 Å². The number of nitrogens with one attached hydrogen (secondary N) is 1. The Morgan fingerprint density at radius 1 is 1.06 bits per heavy atom.